The van der Waals surface area contributed by atoms with Gasteiger partial charge in [-0.05, 0) is 19.1 Å². The molecule has 2 aromatic rings. The fourth-order valence-corrected chi connectivity index (χ4v) is 1.91. The number of fused-ring (bicyclic) bond motifs is 1. The first-order valence-electron chi connectivity index (χ1n) is 4.40. The number of rotatable bonds is 1. The number of halogens is 1. The lowest BCUT2D eigenvalue weighted by Crippen LogP contribution is -2.01. The van der Waals surface area contributed by atoms with E-state index in [1.807, 2.05) is 29.8 Å². The molecule has 1 N–H and O–H groups in total. The van der Waals surface area contributed by atoms with Gasteiger partial charge in [0.05, 0.1) is 16.1 Å². The molecule has 0 amide bonds. The van der Waals surface area contributed by atoms with E-state index in [9.17, 15) is 5.11 Å². The molecule has 1 atom stereocenters. The zero-order chi connectivity index (χ0) is 10.3. The van der Waals surface area contributed by atoms with Crippen molar-refractivity contribution in [3.63, 3.8) is 0 Å². The van der Waals surface area contributed by atoms with Crippen LogP contribution in [0.4, 0.5) is 0 Å². The summed E-state index contributed by atoms with van der Waals surface area (Å²) in [6.07, 6.45) is -0.580. The molecule has 4 heteroatoms. The Bertz CT molecular complexity index is 476. The molecule has 74 valence electrons. The zero-order valence-electron chi connectivity index (χ0n) is 8.03. The largest absolute Gasteiger partial charge is 0.385 e. The molecule has 0 saturated carbocycles. The van der Waals surface area contributed by atoms with Crippen molar-refractivity contribution in [2.45, 2.75) is 13.0 Å². The first-order valence-corrected chi connectivity index (χ1v) is 4.78. The average Bonchev–Trinajstić information content (AvgIpc) is 2.45. The highest BCUT2D eigenvalue weighted by Crippen LogP contribution is 2.25. The zero-order valence-corrected chi connectivity index (χ0v) is 8.78. The Balaban J connectivity index is 2.81. The number of nitrogens with zero attached hydrogens (tertiary/aromatic N) is 2. The maximum atomic E-state index is 9.47. The van der Waals surface area contributed by atoms with E-state index in [-0.39, 0.29) is 0 Å². The Labute approximate surface area is 86.9 Å². The van der Waals surface area contributed by atoms with E-state index in [0.29, 0.717) is 10.8 Å². The van der Waals surface area contributed by atoms with Crippen molar-refractivity contribution in [1.82, 2.24) is 9.55 Å². The van der Waals surface area contributed by atoms with E-state index >= 15 is 0 Å². The Morgan fingerprint density at radius 1 is 1.50 bits per heavy atom. The molecule has 1 aromatic carbocycles. The van der Waals surface area contributed by atoms with Crippen molar-refractivity contribution >= 4 is 22.6 Å². The Hall–Kier alpha value is -1.06. The van der Waals surface area contributed by atoms with Crippen LogP contribution in [0.1, 0.15) is 18.9 Å². The quantitative estimate of drug-likeness (QED) is 0.784. The van der Waals surface area contributed by atoms with Crippen molar-refractivity contribution < 1.29 is 5.11 Å². The molecule has 3 nitrogen and oxygen atoms in total. The third-order valence-corrected chi connectivity index (χ3v) is 2.56. The van der Waals surface area contributed by atoms with Crippen LogP contribution in [0.2, 0.25) is 5.02 Å². The van der Waals surface area contributed by atoms with Crippen molar-refractivity contribution in [3.05, 3.63) is 29.0 Å². The number of aliphatic hydroxyl groups is 1. The lowest BCUT2D eigenvalue weighted by Gasteiger charge is -2.04. The number of aryl methyl sites for hydroxylation is 1. The maximum Gasteiger partial charge on any atom is 0.138 e. The van der Waals surface area contributed by atoms with Gasteiger partial charge >= 0.3 is 0 Å². The molecular formula is C10H11ClN2O. The Kier molecular flexibility index (Phi) is 2.21. The number of aliphatic hydroxyl groups excluding tert-OH is 1. The van der Waals surface area contributed by atoms with Gasteiger partial charge in [0.25, 0.3) is 0 Å². The summed E-state index contributed by atoms with van der Waals surface area (Å²) in [4.78, 5) is 4.30. The molecule has 0 aliphatic rings. The molecule has 0 radical (unpaired) electrons. The minimum Gasteiger partial charge on any atom is -0.385 e. The maximum absolute atomic E-state index is 9.47. The highest BCUT2D eigenvalue weighted by molar-refractivity contribution is 6.35. The van der Waals surface area contributed by atoms with E-state index in [4.69, 9.17) is 11.6 Å². The van der Waals surface area contributed by atoms with Gasteiger partial charge in [-0.25, -0.2) is 4.98 Å². The van der Waals surface area contributed by atoms with Gasteiger partial charge in [0.1, 0.15) is 11.9 Å². The van der Waals surface area contributed by atoms with Crippen LogP contribution >= 0.6 is 11.6 Å². The second-order valence-corrected chi connectivity index (χ2v) is 3.72. The fourth-order valence-electron chi connectivity index (χ4n) is 1.61. The van der Waals surface area contributed by atoms with Crippen LogP contribution < -0.4 is 0 Å². The summed E-state index contributed by atoms with van der Waals surface area (Å²) < 4.78 is 1.82. The summed E-state index contributed by atoms with van der Waals surface area (Å²) in [5.74, 6) is 0.633. The third-order valence-electron chi connectivity index (χ3n) is 2.25. The van der Waals surface area contributed by atoms with Gasteiger partial charge in [0.2, 0.25) is 0 Å². The number of imidazole rings is 1. The number of aromatic nitrogens is 2. The highest BCUT2D eigenvalue weighted by atomic mass is 35.5. The monoisotopic (exact) mass is 210 g/mol. The highest BCUT2D eigenvalue weighted by Gasteiger charge is 2.13. The predicted molar refractivity (Wildman–Crippen MR) is 56.4 cm³/mol. The van der Waals surface area contributed by atoms with Gasteiger partial charge in [-0.3, -0.25) is 0 Å². The second-order valence-electron chi connectivity index (χ2n) is 3.31. The van der Waals surface area contributed by atoms with Crippen LogP contribution in [0.15, 0.2) is 18.2 Å². The number of hydrogen-bond acceptors (Lipinski definition) is 2. The molecule has 0 saturated heterocycles. The molecule has 2 rings (SSSR count). The van der Waals surface area contributed by atoms with Crippen LogP contribution in [0, 0.1) is 0 Å². The molecule has 0 spiro atoms. The molecule has 0 unspecified atom stereocenters. The SMILES string of the molecule is C[C@H](O)c1nc2cccc(Cl)c2n1C. The molecule has 14 heavy (non-hydrogen) atoms. The molecule has 0 fully saturated rings. The van der Waals surface area contributed by atoms with E-state index in [2.05, 4.69) is 4.98 Å². The normalized spacial score (nSPS) is 13.4. The van der Waals surface area contributed by atoms with Gasteiger partial charge in [-0.1, -0.05) is 17.7 Å². The van der Waals surface area contributed by atoms with Gasteiger partial charge in [-0.15, -0.1) is 0 Å². The van der Waals surface area contributed by atoms with Crippen LogP contribution in [-0.2, 0) is 7.05 Å². The van der Waals surface area contributed by atoms with Crippen molar-refractivity contribution in [2.75, 3.05) is 0 Å². The standard InChI is InChI=1S/C10H11ClN2O/c1-6(14)10-12-8-5-3-4-7(11)9(8)13(10)2/h3-6,14H,1-2H3/t6-/m0/s1. The summed E-state index contributed by atoms with van der Waals surface area (Å²) in [7, 11) is 1.85. The molecule has 0 aliphatic heterocycles. The molecule has 1 aromatic heterocycles. The lowest BCUT2D eigenvalue weighted by molar-refractivity contribution is 0.186. The number of hydrogen-bond donors (Lipinski definition) is 1. The predicted octanol–water partition coefficient (Wildman–Crippen LogP) is 2.28. The van der Waals surface area contributed by atoms with Gasteiger partial charge in [0, 0.05) is 7.05 Å². The summed E-state index contributed by atoms with van der Waals surface area (Å²) in [6, 6.07) is 5.55. The molecule has 1 heterocycles. The fraction of sp³-hybridized carbons (Fsp3) is 0.300. The lowest BCUT2D eigenvalue weighted by atomic mass is 10.3. The van der Waals surface area contributed by atoms with E-state index in [0.717, 1.165) is 11.0 Å². The first kappa shape index (κ1) is 9.49. The summed E-state index contributed by atoms with van der Waals surface area (Å²) in [6.45, 7) is 1.69. The Morgan fingerprint density at radius 2 is 2.21 bits per heavy atom. The molecule has 0 bridgehead atoms. The third kappa shape index (κ3) is 1.29. The van der Waals surface area contributed by atoms with Crippen LogP contribution in [0.3, 0.4) is 0 Å². The second kappa shape index (κ2) is 3.26. The van der Waals surface area contributed by atoms with Crippen molar-refractivity contribution in [1.29, 1.82) is 0 Å². The number of para-hydroxylation sites is 1. The molecule has 0 aliphatic carbocycles. The minimum absolute atomic E-state index is 0.580. The van der Waals surface area contributed by atoms with Crippen LogP contribution in [0.25, 0.3) is 11.0 Å². The topological polar surface area (TPSA) is 38.1 Å². The Morgan fingerprint density at radius 3 is 2.79 bits per heavy atom. The van der Waals surface area contributed by atoms with Gasteiger partial charge in [0.15, 0.2) is 0 Å². The van der Waals surface area contributed by atoms with Crippen molar-refractivity contribution in [2.24, 2.45) is 7.05 Å². The summed E-state index contributed by atoms with van der Waals surface area (Å²) >= 11 is 6.04. The number of benzene rings is 1. The van der Waals surface area contributed by atoms with Crippen LogP contribution in [-0.4, -0.2) is 14.7 Å². The van der Waals surface area contributed by atoms with E-state index in [1.54, 1.807) is 6.92 Å². The van der Waals surface area contributed by atoms with E-state index < -0.39 is 6.10 Å². The average molecular weight is 211 g/mol. The molecular weight excluding hydrogens is 200 g/mol. The van der Waals surface area contributed by atoms with E-state index in [1.165, 1.54) is 0 Å². The summed E-state index contributed by atoms with van der Waals surface area (Å²) in [5.41, 5.74) is 1.68. The van der Waals surface area contributed by atoms with Crippen LogP contribution in [0.5, 0.6) is 0 Å². The summed E-state index contributed by atoms with van der Waals surface area (Å²) in [5, 5.41) is 10.1. The van der Waals surface area contributed by atoms with Gasteiger partial charge < -0.3 is 9.67 Å². The minimum atomic E-state index is -0.580. The van der Waals surface area contributed by atoms with Gasteiger partial charge in [-0.2, -0.15) is 0 Å². The first-order chi connectivity index (χ1) is 6.61. The van der Waals surface area contributed by atoms with Crippen molar-refractivity contribution in [3.8, 4) is 0 Å². The smallest absolute Gasteiger partial charge is 0.138 e.